The number of pyridine rings is 1. The van der Waals surface area contributed by atoms with Gasteiger partial charge in [0.2, 0.25) is 10.0 Å². The summed E-state index contributed by atoms with van der Waals surface area (Å²) in [6.45, 7) is 2.23. The van der Waals surface area contributed by atoms with Crippen molar-refractivity contribution in [3.05, 3.63) is 16.7 Å². The first-order chi connectivity index (χ1) is 9.58. The Morgan fingerprint density at radius 1 is 1.33 bits per heavy atom. The number of anilines is 1. The van der Waals surface area contributed by atoms with Crippen molar-refractivity contribution < 1.29 is 16.8 Å². The molecule has 0 radical (unpaired) electrons. The first-order valence-corrected chi connectivity index (χ1v) is 10.4. The van der Waals surface area contributed by atoms with E-state index in [9.17, 15) is 16.8 Å². The fraction of sp³-hybridized carbons (Fsp3) is 0.545. The lowest BCUT2D eigenvalue weighted by Gasteiger charge is -2.19. The summed E-state index contributed by atoms with van der Waals surface area (Å²) in [5.41, 5.74) is 0. The lowest BCUT2D eigenvalue weighted by molar-refractivity contribution is 0.485. The van der Waals surface area contributed by atoms with Crippen molar-refractivity contribution in [3.63, 3.8) is 0 Å². The van der Waals surface area contributed by atoms with Gasteiger partial charge >= 0.3 is 0 Å². The lowest BCUT2D eigenvalue weighted by Crippen LogP contribution is -2.32. The normalized spacial score (nSPS) is 12.6. The summed E-state index contributed by atoms with van der Waals surface area (Å²) in [6, 6.07) is 1.44. The van der Waals surface area contributed by atoms with Gasteiger partial charge in [-0.2, -0.15) is 4.31 Å². The van der Waals surface area contributed by atoms with E-state index in [0.29, 0.717) is 11.0 Å². The molecule has 10 heteroatoms. The minimum absolute atomic E-state index is 0.00901. The molecule has 0 bridgehead atoms. The number of halogens is 1. The quantitative estimate of drug-likeness (QED) is 0.732. The second-order valence-corrected chi connectivity index (χ2v) is 9.68. The molecule has 0 aliphatic rings. The molecule has 0 unspecified atom stereocenters. The van der Waals surface area contributed by atoms with E-state index in [0.717, 1.165) is 10.6 Å². The predicted octanol–water partition coefficient (Wildman–Crippen LogP) is 0.941. The van der Waals surface area contributed by atoms with E-state index in [4.69, 9.17) is 0 Å². The fourth-order valence-electron chi connectivity index (χ4n) is 1.50. The van der Waals surface area contributed by atoms with Gasteiger partial charge in [-0.15, -0.1) is 0 Å². The molecule has 0 amide bonds. The highest BCUT2D eigenvalue weighted by Gasteiger charge is 2.25. The van der Waals surface area contributed by atoms with Crippen LogP contribution in [0.2, 0.25) is 0 Å². The van der Waals surface area contributed by atoms with Gasteiger partial charge in [0, 0.05) is 37.1 Å². The molecule has 1 N–H and O–H groups in total. The van der Waals surface area contributed by atoms with Gasteiger partial charge in [-0.3, -0.25) is 0 Å². The Morgan fingerprint density at radius 2 is 1.95 bits per heavy atom. The van der Waals surface area contributed by atoms with Crippen LogP contribution in [-0.4, -0.2) is 58.3 Å². The van der Waals surface area contributed by atoms with E-state index in [2.05, 4.69) is 26.2 Å². The molecule has 0 atom stereocenters. The average Bonchev–Trinajstić information content (AvgIpc) is 2.37. The van der Waals surface area contributed by atoms with Gasteiger partial charge in [-0.1, -0.05) is 0 Å². The lowest BCUT2D eigenvalue weighted by atomic mass is 10.4. The van der Waals surface area contributed by atoms with Gasteiger partial charge in [0.05, 0.1) is 5.75 Å². The van der Waals surface area contributed by atoms with Crippen molar-refractivity contribution in [2.75, 3.05) is 37.5 Å². The predicted molar refractivity (Wildman–Crippen MR) is 85.6 cm³/mol. The second-order valence-electron chi connectivity index (χ2n) is 4.49. The first kappa shape index (κ1) is 18.3. The zero-order valence-electron chi connectivity index (χ0n) is 12.0. The molecule has 1 aromatic heterocycles. The van der Waals surface area contributed by atoms with Crippen molar-refractivity contribution in [2.24, 2.45) is 0 Å². The molecule has 0 spiro atoms. The number of rotatable bonds is 7. The zero-order valence-corrected chi connectivity index (χ0v) is 15.2. The molecule has 1 heterocycles. The molecule has 1 aromatic rings. The number of sulfonamides is 1. The number of nitrogens with zero attached hydrogens (tertiary/aromatic N) is 2. The summed E-state index contributed by atoms with van der Waals surface area (Å²) in [4.78, 5) is 4.05. The topological polar surface area (TPSA) is 96.4 Å². The minimum atomic E-state index is -3.82. The van der Waals surface area contributed by atoms with Gasteiger partial charge in [-0.25, -0.2) is 21.8 Å². The van der Waals surface area contributed by atoms with Gasteiger partial charge in [-0.05, 0) is 28.9 Å². The SMILES string of the molecule is CCNc1ncc(Br)cc1S(=O)(=O)N(C)CCS(C)(=O)=O. The maximum Gasteiger partial charge on any atom is 0.246 e. The van der Waals surface area contributed by atoms with Crippen LogP contribution in [0.3, 0.4) is 0 Å². The van der Waals surface area contributed by atoms with Crippen LogP contribution in [0, 0.1) is 0 Å². The Labute approximate surface area is 133 Å². The molecule has 0 fully saturated rings. The Bertz CT molecular complexity index is 704. The number of hydrogen-bond donors (Lipinski definition) is 1. The van der Waals surface area contributed by atoms with E-state index in [1.54, 1.807) is 0 Å². The molecule has 0 aliphatic heterocycles. The Hall–Kier alpha value is -0.710. The van der Waals surface area contributed by atoms with Crippen LogP contribution in [0.15, 0.2) is 21.6 Å². The van der Waals surface area contributed by atoms with E-state index < -0.39 is 19.9 Å². The Kier molecular flexibility index (Phi) is 6.14. The molecular formula is C11H18BrN3O4S2. The molecule has 7 nitrogen and oxygen atoms in total. The van der Waals surface area contributed by atoms with E-state index in [-0.39, 0.29) is 23.0 Å². The van der Waals surface area contributed by atoms with Crippen molar-refractivity contribution >= 4 is 41.6 Å². The van der Waals surface area contributed by atoms with Gasteiger partial charge < -0.3 is 5.32 Å². The summed E-state index contributed by atoms with van der Waals surface area (Å²) in [5.74, 6) is 0.00709. The van der Waals surface area contributed by atoms with E-state index >= 15 is 0 Å². The standard InChI is InChI=1S/C11H18BrN3O4S2/c1-4-13-11-10(7-9(12)8-14-11)21(18,19)15(2)5-6-20(3,16)17/h7-8H,4-6H2,1-3H3,(H,13,14). The smallest absolute Gasteiger partial charge is 0.246 e. The van der Waals surface area contributed by atoms with E-state index in [1.807, 2.05) is 6.92 Å². The van der Waals surface area contributed by atoms with Crippen LogP contribution in [0.25, 0.3) is 0 Å². The number of nitrogens with one attached hydrogen (secondary N) is 1. The van der Waals surface area contributed by atoms with Gasteiger partial charge in [0.25, 0.3) is 0 Å². The average molecular weight is 400 g/mol. The molecule has 0 saturated heterocycles. The summed E-state index contributed by atoms with van der Waals surface area (Å²) in [5, 5.41) is 2.88. The third kappa shape index (κ3) is 5.20. The molecule has 1 rings (SSSR count). The number of aromatic nitrogens is 1. The summed E-state index contributed by atoms with van der Waals surface area (Å²) in [6.07, 6.45) is 2.56. The van der Waals surface area contributed by atoms with Gasteiger partial charge in [0.15, 0.2) is 0 Å². The largest absolute Gasteiger partial charge is 0.369 e. The second kappa shape index (κ2) is 7.03. The number of sulfone groups is 1. The van der Waals surface area contributed by atoms with Crippen LogP contribution in [0.4, 0.5) is 5.82 Å². The third-order valence-electron chi connectivity index (χ3n) is 2.63. The molecule has 0 saturated carbocycles. The minimum Gasteiger partial charge on any atom is -0.369 e. The Balaban J connectivity index is 3.14. The van der Waals surface area contributed by atoms with Crippen molar-refractivity contribution in [3.8, 4) is 0 Å². The zero-order chi connectivity index (χ0) is 16.3. The van der Waals surface area contributed by atoms with Gasteiger partial charge in [0.1, 0.15) is 20.6 Å². The third-order valence-corrected chi connectivity index (χ3v) is 5.86. The Morgan fingerprint density at radius 3 is 2.48 bits per heavy atom. The molecule has 21 heavy (non-hydrogen) atoms. The number of hydrogen-bond acceptors (Lipinski definition) is 6. The van der Waals surface area contributed by atoms with Crippen LogP contribution in [0.5, 0.6) is 0 Å². The van der Waals surface area contributed by atoms with E-state index in [1.165, 1.54) is 19.3 Å². The molecule has 120 valence electrons. The van der Waals surface area contributed by atoms with Crippen LogP contribution < -0.4 is 5.32 Å². The summed E-state index contributed by atoms with van der Waals surface area (Å²) in [7, 11) is -5.72. The highest BCUT2D eigenvalue weighted by molar-refractivity contribution is 9.10. The molecule has 0 aliphatic carbocycles. The maximum atomic E-state index is 12.5. The summed E-state index contributed by atoms with van der Waals surface area (Å²) < 4.78 is 48.9. The maximum absolute atomic E-state index is 12.5. The van der Waals surface area contributed by atoms with Crippen LogP contribution in [-0.2, 0) is 19.9 Å². The molecular weight excluding hydrogens is 382 g/mol. The highest BCUT2D eigenvalue weighted by atomic mass is 79.9. The van der Waals surface area contributed by atoms with Crippen molar-refractivity contribution in [1.82, 2.24) is 9.29 Å². The van der Waals surface area contributed by atoms with Crippen LogP contribution >= 0.6 is 15.9 Å². The van der Waals surface area contributed by atoms with Crippen LogP contribution in [0.1, 0.15) is 6.92 Å². The highest BCUT2D eigenvalue weighted by Crippen LogP contribution is 2.25. The summed E-state index contributed by atoms with van der Waals surface area (Å²) >= 11 is 3.19. The molecule has 0 aromatic carbocycles. The monoisotopic (exact) mass is 399 g/mol. The van der Waals surface area contributed by atoms with Crippen molar-refractivity contribution in [2.45, 2.75) is 11.8 Å². The first-order valence-electron chi connectivity index (χ1n) is 6.11. The fourth-order valence-corrected chi connectivity index (χ4v) is 4.02. The van der Waals surface area contributed by atoms with Crippen molar-refractivity contribution in [1.29, 1.82) is 0 Å².